The summed E-state index contributed by atoms with van der Waals surface area (Å²) in [5, 5.41) is 4.15. The number of anilines is 1. The fourth-order valence-electron chi connectivity index (χ4n) is 1.92. The Hall–Kier alpha value is -1.82. The zero-order valence-corrected chi connectivity index (χ0v) is 12.8. The molecule has 0 fully saturated rings. The van der Waals surface area contributed by atoms with Crippen LogP contribution in [0.2, 0.25) is 0 Å². The molecule has 0 bridgehead atoms. The fraction of sp³-hybridized carbons (Fsp3) is 0.429. The smallest absolute Gasteiger partial charge is 0.202 e. The van der Waals surface area contributed by atoms with E-state index in [1.54, 1.807) is 14.2 Å². The molecule has 0 unspecified atom stereocenters. The van der Waals surface area contributed by atoms with E-state index >= 15 is 0 Å². The number of benzene rings is 1. The Bertz CT molecular complexity index is 557. The van der Waals surface area contributed by atoms with Crippen LogP contribution < -0.4 is 14.8 Å². The van der Waals surface area contributed by atoms with Crippen LogP contribution in [0.3, 0.4) is 0 Å². The molecule has 1 aromatic heterocycles. The third kappa shape index (κ3) is 3.84. The van der Waals surface area contributed by atoms with Crippen LogP contribution in [-0.2, 0) is 6.42 Å². The Balaban J connectivity index is 1.86. The maximum atomic E-state index is 5.37. The van der Waals surface area contributed by atoms with E-state index in [-0.39, 0.29) is 0 Å². The molecule has 0 aliphatic carbocycles. The van der Waals surface area contributed by atoms with Crippen molar-refractivity contribution in [2.45, 2.75) is 19.8 Å². The van der Waals surface area contributed by atoms with Crippen molar-refractivity contribution in [1.29, 1.82) is 0 Å². The van der Waals surface area contributed by atoms with Gasteiger partial charge in [-0.1, -0.05) is 0 Å². The largest absolute Gasteiger partial charge is 0.497 e. The van der Waals surface area contributed by atoms with Crippen LogP contribution in [-0.4, -0.2) is 30.1 Å². The topological polar surface area (TPSA) is 56.3 Å². The number of nitrogens with one attached hydrogen (secondary N) is 1. The van der Waals surface area contributed by atoms with Crippen molar-refractivity contribution in [3.8, 4) is 11.5 Å². The molecule has 0 saturated carbocycles. The van der Waals surface area contributed by atoms with Crippen LogP contribution in [0.25, 0.3) is 0 Å². The molecule has 20 heavy (non-hydrogen) atoms. The molecule has 6 heteroatoms. The van der Waals surface area contributed by atoms with Crippen molar-refractivity contribution < 1.29 is 9.47 Å². The molecule has 5 nitrogen and oxygen atoms in total. The summed E-state index contributed by atoms with van der Waals surface area (Å²) in [4.78, 5) is 4.27. The SMILES string of the molecule is COc1ccc(OC)c(CCCNc2nc(C)ns2)c1. The average molecular weight is 293 g/mol. The molecule has 0 aliphatic heterocycles. The quantitative estimate of drug-likeness (QED) is 0.795. The van der Waals surface area contributed by atoms with Gasteiger partial charge in [-0.2, -0.15) is 4.37 Å². The molecule has 0 radical (unpaired) electrons. The predicted molar refractivity (Wildman–Crippen MR) is 81.0 cm³/mol. The van der Waals surface area contributed by atoms with Gasteiger partial charge in [0, 0.05) is 18.1 Å². The second-order valence-corrected chi connectivity index (χ2v) is 5.11. The van der Waals surface area contributed by atoms with Crippen LogP contribution >= 0.6 is 11.5 Å². The first-order chi connectivity index (χ1) is 9.72. The highest BCUT2D eigenvalue weighted by atomic mass is 32.1. The molecule has 108 valence electrons. The highest BCUT2D eigenvalue weighted by Crippen LogP contribution is 2.25. The lowest BCUT2D eigenvalue weighted by Crippen LogP contribution is -2.03. The zero-order chi connectivity index (χ0) is 14.4. The third-order valence-corrected chi connectivity index (χ3v) is 3.68. The van der Waals surface area contributed by atoms with Gasteiger partial charge in [0.05, 0.1) is 14.2 Å². The molecule has 1 N–H and O–H groups in total. The van der Waals surface area contributed by atoms with E-state index in [1.165, 1.54) is 11.5 Å². The molecule has 0 saturated heterocycles. The first kappa shape index (κ1) is 14.6. The molecule has 1 heterocycles. The van der Waals surface area contributed by atoms with Gasteiger partial charge in [0.2, 0.25) is 5.13 Å². The maximum Gasteiger partial charge on any atom is 0.202 e. The minimum atomic E-state index is 0.812. The van der Waals surface area contributed by atoms with Gasteiger partial charge in [0.25, 0.3) is 0 Å². The summed E-state index contributed by atoms with van der Waals surface area (Å²) < 4.78 is 14.7. The van der Waals surface area contributed by atoms with Gasteiger partial charge in [-0.15, -0.1) is 0 Å². The summed E-state index contributed by atoms with van der Waals surface area (Å²) in [7, 11) is 3.36. The zero-order valence-electron chi connectivity index (χ0n) is 12.0. The predicted octanol–water partition coefficient (Wildman–Crippen LogP) is 2.91. The lowest BCUT2D eigenvalue weighted by Gasteiger charge is -2.10. The average Bonchev–Trinajstić information content (AvgIpc) is 2.89. The van der Waals surface area contributed by atoms with Crippen molar-refractivity contribution in [2.75, 3.05) is 26.1 Å². The lowest BCUT2D eigenvalue weighted by atomic mass is 10.1. The Morgan fingerprint density at radius 2 is 2.10 bits per heavy atom. The van der Waals surface area contributed by atoms with Crippen LogP contribution in [0.15, 0.2) is 18.2 Å². The standard InChI is InChI=1S/C14H19N3O2S/c1-10-16-14(20-17-10)15-8-4-5-11-9-12(18-2)6-7-13(11)19-3/h6-7,9H,4-5,8H2,1-3H3,(H,15,16,17). The Labute approximate surface area is 123 Å². The van der Waals surface area contributed by atoms with Gasteiger partial charge in [0.15, 0.2) is 0 Å². The van der Waals surface area contributed by atoms with Crippen LogP contribution in [0.4, 0.5) is 5.13 Å². The maximum absolute atomic E-state index is 5.37. The van der Waals surface area contributed by atoms with Gasteiger partial charge in [0.1, 0.15) is 17.3 Å². The number of methoxy groups -OCH3 is 2. The summed E-state index contributed by atoms with van der Waals surface area (Å²) >= 11 is 1.39. The van der Waals surface area contributed by atoms with Gasteiger partial charge >= 0.3 is 0 Å². The molecule has 0 atom stereocenters. The van der Waals surface area contributed by atoms with Crippen molar-refractivity contribution in [2.24, 2.45) is 0 Å². The first-order valence-corrected chi connectivity index (χ1v) is 7.25. The number of hydrogen-bond acceptors (Lipinski definition) is 6. The monoisotopic (exact) mass is 293 g/mol. The van der Waals surface area contributed by atoms with Crippen molar-refractivity contribution in [1.82, 2.24) is 9.36 Å². The van der Waals surface area contributed by atoms with Crippen LogP contribution in [0.5, 0.6) is 11.5 Å². The second-order valence-electron chi connectivity index (χ2n) is 4.35. The number of aryl methyl sites for hydroxylation is 2. The summed E-state index contributed by atoms with van der Waals surface area (Å²) in [5.74, 6) is 2.57. The number of ether oxygens (including phenoxy) is 2. The molecule has 2 rings (SSSR count). The third-order valence-electron chi connectivity index (χ3n) is 2.91. The molecule has 2 aromatic rings. The van der Waals surface area contributed by atoms with E-state index in [9.17, 15) is 0 Å². The molecule has 0 spiro atoms. The molecule has 0 aliphatic rings. The van der Waals surface area contributed by atoms with Crippen molar-refractivity contribution in [3.63, 3.8) is 0 Å². The van der Waals surface area contributed by atoms with Crippen molar-refractivity contribution >= 4 is 16.7 Å². The summed E-state index contributed by atoms with van der Waals surface area (Å²) in [6.07, 6.45) is 1.91. The summed E-state index contributed by atoms with van der Waals surface area (Å²) in [6.45, 7) is 2.75. The molecule has 1 aromatic carbocycles. The first-order valence-electron chi connectivity index (χ1n) is 6.48. The summed E-state index contributed by atoms with van der Waals surface area (Å²) in [6, 6.07) is 5.87. The number of nitrogens with zero attached hydrogens (tertiary/aromatic N) is 2. The van der Waals surface area contributed by atoms with E-state index in [2.05, 4.69) is 14.7 Å². The highest BCUT2D eigenvalue weighted by molar-refractivity contribution is 7.09. The lowest BCUT2D eigenvalue weighted by molar-refractivity contribution is 0.398. The van der Waals surface area contributed by atoms with Crippen LogP contribution in [0, 0.1) is 6.92 Å². The van der Waals surface area contributed by atoms with E-state index in [0.717, 1.165) is 47.4 Å². The normalized spacial score (nSPS) is 10.3. The molecule has 0 amide bonds. The van der Waals surface area contributed by atoms with E-state index in [0.29, 0.717) is 0 Å². The van der Waals surface area contributed by atoms with E-state index in [1.807, 2.05) is 25.1 Å². The summed E-state index contributed by atoms with van der Waals surface area (Å²) in [5.41, 5.74) is 1.15. The van der Waals surface area contributed by atoms with Crippen molar-refractivity contribution in [3.05, 3.63) is 29.6 Å². The Kier molecular flexibility index (Phi) is 5.17. The van der Waals surface area contributed by atoms with Gasteiger partial charge < -0.3 is 14.8 Å². The minimum absolute atomic E-state index is 0.812. The number of hydrogen-bond donors (Lipinski definition) is 1. The second kappa shape index (κ2) is 7.09. The van der Waals surface area contributed by atoms with Gasteiger partial charge in [-0.3, -0.25) is 0 Å². The van der Waals surface area contributed by atoms with E-state index < -0.39 is 0 Å². The molecular weight excluding hydrogens is 274 g/mol. The highest BCUT2D eigenvalue weighted by Gasteiger charge is 2.05. The molecular formula is C14H19N3O2S. The Morgan fingerprint density at radius 3 is 2.75 bits per heavy atom. The van der Waals surface area contributed by atoms with Gasteiger partial charge in [-0.05, 0) is 43.5 Å². The van der Waals surface area contributed by atoms with Gasteiger partial charge in [-0.25, -0.2) is 4.98 Å². The fourth-order valence-corrected chi connectivity index (χ4v) is 2.52. The Morgan fingerprint density at radius 1 is 1.25 bits per heavy atom. The number of rotatable bonds is 7. The van der Waals surface area contributed by atoms with Crippen LogP contribution in [0.1, 0.15) is 17.8 Å². The minimum Gasteiger partial charge on any atom is -0.497 e. The van der Waals surface area contributed by atoms with E-state index in [4.69, 9.17) is 9.47 Å². The number of aromatic nitrogens is 2.